The van der Waals surface area contributed by atoms with E-state index < -0.39 is 0 Å². The molecule has 2 heterocycles. The fourth-order valence-electron chi connectivity index (χ4n) is 2.89. The second-order valence-corrected chi connectivity index (χ2v) is 5.73. The Balaban J connectivity index is 1.70. The zero-order chi connectivity index (χ0) is 15.2. The molecule has 1 aliphatic heterocycles. The molecule has 1 fully saturated rings. The van der Waals surface area contributed by atoms with Gasteiger partial charge in [0.2, 0.25) is 5.89 Å². The lowest BCUT2D eigenvalue weighted by Crippen LogP contribution is -2.24. The Labute approximate surface area is 131 Å². The van der Waals surface area contributed by atoms with Gasteiger partial charge in [0.15, 0.2) is 5.82 Å². The Morgan fingerprint density at radius 3 is 2.64 bits per heavy atom. The van der Waals surface area contributed by atoms with Gasteiger partial charge in [-0.25, -0.2) is 0 Å². The van der Waals surface area contributed by atoms with Crippen LogP contribution in [0.2, 0.25) is 0 Å². The van der Waals surface area contributed by atoms with Crippen LogP contribution in [0, 0.1) is 0 Å². The zero-order valence-corrected chi connectivity index (χ0v) is 13.2. The summed E-state index contributed by atoms with van der Waals surface area (Å²) >= 11 is 0. The van der Waals surface area contributed by atoms with Gasteiger partial charge >= 0.3 is 0 Å². The summed E-state index contributed by atoms with van der Waals surface area (Å²) in [6.07, 6.45) is 6.03. The van der Waals surface area contributed by atoms with E-state index in [1.54, 1.807) is 0 Å². The lowest BCUT2D eigenvalue weighted by atomic mass is 10.2. The Hall–Kier alpha value is -2.04. The largest absolute Gasteiger partial charge is 0.374 e. The molecule has 0 atom stereocenters. The number of nitrogens with one attached hydrogen (secondary N) is 1. The number of aromatic nitrogens is 2. The van der Waals surface area contributed by atoms with Crippen LogP contribution >= 0.6 is 0 Å². The highest BCUT2D eigenvalue weighted by Gasteiger charge is 2.13. The number of anilines is 2. The molecule has 0 saturated carbocycles. The molecule has 118 valence electrons. The number of nitrogens with zero attached hydrogens (tertiary/aromatic N) is 3. The van der Waals surface area contributed by atoms with Crippen molar-refractivity contribution in [2.24, 2.45) is 0 Å². The molecule has 5 nitrogen and oxygen atoms in total. The molecule has 1 aromatic carbocycles. The van der Waals surface area contributed by atoms with Crippen molar-refractivity contribution in [1.29, 1.82) is 0 Å². The third-order valence-electron chi connectivity index (χ3n) is 4.11. The van der Waals surface area contributed by atoms with Crippen LogP contribution < -0.4 is 10.2 Å². The Morgan fingerprint density at radius 1 is 1.14 bits per heavy atom. The minimum atomic E-state index is 0.567. The number of benzene rings is 1. The SMILES string of the molecule is CCc1noc(CNc2ccccc2N2CCCCCC2)n1. The standard InChI is InChI=1S/C17H24N4O/c1-2-16-19-17(22-20-16)13-18-14-9-5-6-10-15(14)21-11-7-3-4-8-12-21/h5-6,9-10,18H,2-4,7-8,11-13H2,1H3. The summed E-state index contributed by atoms with van der Waals surface area (Å²) in [6, 6.07) is 8.48. The van der Waals surface area contributed by atoms with E-state index in [1.165, 1.54) is 31.4 Å². The molecule has 2 aromatic rings. The maximum Gasteiger partial charge on any atom is 0.245 e. The third kappa shape index (κ3) is 3.59. The van der Waals surface area contributed by atoms with Crippen LogP contribution in [0.25, 0.3) is 0 Å². The normalized spacial score (nSPS) is 15.6. The minimum Gasteiger partial charge on any atom is -0.374 e. The van der Waals surface area contributed by atoms with Crippen LogP contribution in [0.15, 0.2) is 28.8 Å². The lowest BCUT2D eigenvalue weighted by molar-refractivity contribution is 0.378. The minimum absolute atomic E-state index is 0.567. The summed E-state index contributed by atoms with van der Waals surface area (Å²) in [6.45, 7) is 4.87. The number of hydrogen-bond acceptors (Lipinski definition) is 5. The number of para-hydroxylation sites is 2. The van der Waals surface area contributed by atoms with Crippen LogP contribution in [0.1, 0.15) is 44.3 Å². The molecular weight excluding hydrogens is 276 g/mol. The van der Waals surface area contributed by atoms with E-state index in [1.807, 2.05) is 6.92 Å². The quantitative estimate of drug-likeness (QED) is 0.914. The van der Waals surface area contributed by atoms with Crippen molar-refractivity contribution in [3.05, 3.63) is 36.0 Å². The smallest absolute Gasteiger partial charge is 0.245 e. The average molecular weight is 300 g/mol. The average Bonchev–Trinajstić information content (AvgIpc) is 2.85. The van der Waals surface area contributed by atoms with E-state index in [0.717, 1.165) is 31.0 Å². The molecule has 1 saturated heterocycles. The summed E-state index contributed by atoms with van der Waals surface area (Å²) in [5.74, 6) is 1.40. The van der Waals surface area contributed by atoms with Gasteiger partial charge in [-0.1, -0.05) is 37.1 Å². The molecule has 0 bridgehead atoms. The van der Waals surface area contributed by atoms with Gasteiger partial charge in [0, 0.05) is 19.5 Å². The van der Waals surface area contributed by atoms with Crippen molar-refractivity contribution in [1.82, 2.24) is 10.1 Å². The molecule has 3 rings (SSSR count). The second-order valence-electron chi connectivity index (χ2n) is 5.73. The molecule has 0 aliphatic carbocycles. The van der Waals surface area contributed by atoms with Gasteiger partial charge in [0.1, 0.15) is 0 Å². The van der Waals surface area contributed by atoms with Crippen molar-refractivity contribution in [2.75, 3.05) is 23.3 Å². The van der Waals surface area contributed by atoms with Crippen LogP contribution in [0.4, 0.5) is 11.4 Å². The van der Waals surface area contributed by atoms with Crippen LogP contribution in [-0.2, 0) is 13.0 Å². The molecule has 1 aromatic heterocycles. The van der Waals surface area contributed by atoms with Gasteiger partial charge in [-0.15, -0.1) is 0 Å². The molecule has 5 heteroatoms. The van der Waals surface area contributed by atoms with Crippen molar-refractivity contribution in [2.45, 2.75) is 45.6 Å². The van der Waals surface area contributed by atoms with Crippen molar-refractivity contribution < 1.29 is 4.52 Å². The van der Waals surface area contributed by atoms with Crippen LogP contribution in [-0.4, -0.2) is 23.2 Å². The predicted octanol–water partition coefficient (Wildman–Crippen LogP) is 3.62. The molecule has 0 unspecified atom stereocenters. The first-order valence-electron chi connectivity index (χ1n) is 8.26. The number of hydrogen-bond donors (Lipinski definition) is 1. The summed E-state index contributed by atoms with van der Waals surface area (Å²) in [4.78, 5) is 6.83. The fraction of sp³-hybridized carbons (Fsp3) is 0.529. The summed E-state index contributed by atoms with van der Waals surface area (Å²) in [7, 11) is 0. The van der Waals surface area contributed by atoms with E-state index in [-0.39, 0.29) is 0 Å². The Morgan fingerprint density at radius 2 is 1.91 bits per heavy atom. The van der Waals surface area contributed by atoms with E-state index in [4.69, 9.17) is 4.52 Å². The summed E-state index contributed by atoms with van der Waals surface area (Å²) in [5.41, 5.74) is 2.42. The summed E-state index contributed by atoms with van der Waals surface area (Å²) < 4.78 is 5.25. The molecule has 1 N–H and O–H groups in total. The Kier molecular flexibility index (Phi) is 4.93. The number of rotatable bonds is 5. The van der Waals surface area contributed by atoms with E-state index in [9.17, 15) is 0 Å². The Bertz CT molecular complexity index is 588. The van der Waals surface area contributed by atoms with E-state index >= 15 is 0 Å². The van der Waals surface area contributed by atoms with E-state index in [0.29, 0.717) is 12.4 Å². The van der Waals surface area contributed by atoms with Crippen molar-refractivity contribution >= 4 is 11.4 Å². The van der Waals surface area contributed by atoms with Crippen LogP contribution in [0.5, 0.6) is 0 Å². The van der Waals surface area contributed by atoms with Gasteiger partial charge in [-0.05, 0) is 25.0 Å². The summed E-state index contributed by atoms with van der Waals surface area (Å²) in [5, 5.41) is 7.38. The fourth-order valence-corrected chi connectivity index (χ4v) is 2.89. The third-order valence-corrected chi connectivity index (χ3v) is 4.11. The molecule has 0 radical (unpaired) electrons. The monoisotopic (exact) mass is 300 g/mol. The molecular formula is C17H24N4O. The number of aryl methyl sites for hydroxylation is 1. The van der Waals surface area contributed by atoms with Gasteiger partial charge in [0.05, 0.1) is 17.9 Å². The first kappa shape index (κ1) is 14.9. The molecule has 0 amide bonds. The topological polar surface area (TPSA) is 54.2 Å². The second kappa shape index (κ2) is 7.29. The van der Waals surface area contributed by atoms with Gasteiger partial charge < -0.3 is 14.7 Å². The molecule has 1 aliphatic rings. The highest BCUT2D eigenvalue weighted by atomic mass is 16.5. The maximum atomic E-state index is 5.25. The van der Waals surface area contributed by atoms with Crippen molar-refractivity contribution in [3.8, 4) is 0 Å². The van der Waals surface area contributed by atoms with Gasteiger partial charge in [-0.2, -0.15) is 4.98 Å². The van der Waals surface area contributed by atoms with Crippen LogP contribution in [0.3, 0.4) is 0 Å². The predicted molar refractivity (Wildman–Crippen MR) is 88.1 cm³/mol. The lowest BCUT2D eigenvalue weighted by Gasteiger charge is -2.25. The molecule has 22 heavy (non-hydrogen) atoms. The maximum absolute atomic E-state index is 5.25. The van der Waals surface area contributed by atoms with Crippen molar-refractivity contribution in [3.63, 3.8) is 0 Å². The first-order chi connectivity index (χ1) is 10.9. The van der Waals surface area contributed by atoms with Gasteiger partial charge in [0.25, 0.3) is 0 Å². The van der Waals surface area contributed by atoms with E-state index in [2.05, 4.69) is 44.6 Å². The highest BCUT2D eigenvalue weighted by molar-refractivity contribution is 5.70. The first-order valence-corrected chi connectivity index (χ1v) is 8.26. The zero-order valence-electron chi connectivity index (χ0n) is 13.2. The van der Waals surface area contributed by atoms with Gasteiger partial charge in [-0.3, -0.25) is 0 Å². The highest BCUT2D eigenvalue weighted by Crippen LogP contribution is 2.28. The molecule has 0 spiro atoms.